The van der Waals surface area contributed by atoms with E-state index in [2.05, 4.69) is 10.1 Å². The van der Waals surface area contributed by atoms with Gasteiger partial charge in [0.2, 0.25) is 0 Å². The monoisotopic (exact) mass is 440 g/mol. The minimum Gasteiger partial charge on any atom is -0.361 e. The highest BCUT2D eigenvalue weighted by Crippen LogP contribution is 2.37. The van der Waals surface area contributed by atoms with Crippen LogP contribution in [0.15, 0.2) is 22.7 Å². The third-order valence-electron chi connectivity index (χ3n) is 6.52. The molecule has 0 spiro atoms. The lowest BCUT2D eigenvalue weighted by Gasteiger charge is -2.32. The number of benzene rings is 1. The first-order valence-corrected chi connectivity index (χ1v) is 11.3. The standard InChI is InChI=1S/C23H28ClF3N2O/c24-20-9-8-17(23(25,26)27)15-19(20)16-10-13-29(14-11-16)12-4-7-22-18-5-2-1-3-6-21(18)28-30-22/h8-9,15-16H,1-7,10-14H2. The number of rotatable bonds is 5. The average Bonchev–Trinajstić information content (AvgIpc) is 2.94. The van der Waals surface area contributed by atoms with Crippen LogP contribution in [0.1, 0.15) is 72.6 Å². The number of nitrogens with zero attached hydrogens (tertiary/aromatic N) is 2. The molecule has 1 saturated heterocycles. The fourth-order valence-electron chi connectivity index (χ4n) is 4.79. The molecule has 4 rings (SSSR count). The van der Waals surface area contributed by atoms with Crippen LogP contribution in [0.2, 0.25) is 5.02 Å². The van der Waals surface area contributed by atoms with Crippen LogP contribution in [-0.2, 0) is 25.4 Å². The van der Waals surface area contributed by atoms with Crippen molar-refractivity contribution in [3.05, 3.63) is 51.4 Å². The van der Waals surface area contributed by atoms with Gasteiger partial charge >= 0.3 is 6.18 Å². The number of halogens is 4. The molecule has 0 atom stereocenters. The van der Waals surface area contributed by atoms with E-state index in [-0.39, 0.29) is 5.92 Å². The van der Waals surface area contributed by atoms with Crippen LogP contribution in [0.3, 0.4) is 0 Å². The van der Waals surface area contributed by atoms with Crippen LogP contribution in [-0.4, -0.2) is 29.7 Å². The van der Waals surface area contributed by atoms with E-state index < -0.39 is 11.7 Å². The fraction of sp³-hybridized carbons (Fsp3) is 0.609. The van der Waals surface area contributed by atoms with Gasteiger partial charge in [-0.1, -0.05) is 23.2 Å². The van der Waals surface area contributed by atoms with Crippen molar-refractivity contribution < 1.29 is 17.7 Å². The molecular weight excluding hydrogens is 413 g/mol. The van der Waals surface area contributed by atoms with Crippen LogP contribution >= 0.6 is 11.6 Å². The van der Waals surface area contributed by atoms with Crippen LogP contribution in [0.25, 0.3) is 0 Å². The molecule has 3 nitrogen and oxygen atoms in total. The Bertz CT molecular complexity index is 857. The first-order valence-electron chi connectivity index (χ1n) is 11.0. The Kier molecular flexibility index (Phi) is 6.73. The van der Waals surface area contributed by atoms with E-state index >= 15 is 0 Å². The molecule has 1 aromatic carbocycles. The lowest BCUT2D eigenvalue weighted by Crippen LogP contribution is -2.34. The Hall–Kier alpha value is -1.53. The predicted molar refractivity (Wildman–Crippen MR) is 111 cm³/mol. The van der Waals surface area contributed by atoms with Crippen molar-refractivity contribution in [2.75, 3.05) is 19.6 Å². The summed E-state index contributed by atoms with van der Waals surface area (Å²) in [5.41, 5.74) is 2.51. The Morgan fingerprint density at radius 2 is 1.87 bits per heavy atom. The van der Waals surface area contributed by atoms with Gasteiger partial charge in [0.1, 0.15) is 5.76 Å². The smallest absolute Gasteiger partial charge is 0.361 e. The molecule has 164 valence electrons. The van der Waals surface area contributed by atoms with Crippen molar-refractivity contribution in [2.45, 2.75) is 69.9 Å². The first-order chi connectivity index (χ1) is 14.4. The highest BCUT2D eigenvalue weighted by Gasteiger charge is 2.32. The Morgan fingerprint density at radius 1 is 1.10 bits per heavy atom. The lowest BCUT2D eigenvalue weighted by molar-refractivity contribution is -0.137. The molecule has 0 radical (unpaired) electrons. The maximum atomic E-state index is 13.0. The number of likely N-dealkylation sites (tertiary alicyclic amines) is 1. The van der Waals surface area contributed by atoms with Gasteiger partial charge in [0.25, 0.3) is 0 Å². The van der Waals surface area contributed by atoms with E-state index in [1.54, 1.807) is 0 Å². The molecule has 2 aliphatic rings. The number of alkyl halides is 3. The maximum Gasteiger partial charge on any atom is 0.416 e. The van der Waals surface area contributed by atoms with E-state index in [9.17, 15) is 13.2 Å². The van der Waals surface area contributed by atoms with E-state index in [1.165, 1.54) is 37.0 Å². The van der Waals surface area contributed by atoms with Gasteiger partial charge in [-0.05, 0) is 94.3 Å². The number of hydrogen-bond acceptors (Lipinski definition) is 3. The molecular formula is C23H28ClF3N2O. The molecule has 0 bridgehead atoms. The summed E-state index contributed by atoms with van der Waals surface area (Å²) in [6.45, 7) is 2.73. The number of aryl methyl sites for hydroxylation is 2. The number of hydrogen-bond donors (Lipinski definition) is 0. The average molecular weight is 441 g/mol. The van der Waals surface area contributed by atoms with Gasteiger partial charge in [-0.25, -0.2) is 0 Å². The van der Waals surface area contributed by atoms with Gasteiger partial charge in [0, 0.05) is 17.0 Å². The van der Waals surface area contributed by atoms with Crippen molar-refractivity contribution in [3.63, 3.8) is 0 Å². The summed E-state index contributed by atoms with van der Waals surface area (Å²) < 4.78 is 44.8. The fourth-order valence-corrected chi connectivity index (χ4v) is 5.06. The van der Waals surface area contributed by atoms with Gasteiger partial charge in [0.05, 0.1) is 11.3 Å². The normalized spacial score (nSPS) is 18.9. The zero-order valence-corrected chi connectivity index (χ0v) is 17.9. The summed E-state index contributed by atoms with van der Waals surface area (Å²) in [5, 5.41) is 4.71. The molecule has 1 fully saturated rings. The van der Waals surface area contributed by atoms with Crippen molar-refractivity contribution in [1.29, 1.82) is 0 Å². The molecule has 0 amide bonds. The SMILES string of the molecule is FC(F)(F)c1ccc(Cl)c(C2CCN(CCCc3onc4c3CCCCC4)CC2)c1. The molecule has 2 heterocycles. The first kappa shape index (κ1) is 21.7. The van der Waals surface area contributed by atoms with E-state index in [1.807, 2.05) is 0 Å². The van der Waals surface area contributed by atoms with Gasteiger partial charge in [-0.3, -0.25) is 0 Å². The molecule has 0 N–H and O–H groups in total. The van der Waals surface area contributed by atoms with Gasteiger partial charge in [-0.2, -0.15) is 13.2 Å². The Labute approximate surface area is 180 Å². The highest BCUT2D eigenvalue weighted by atomic mass is 35.5. The summed E-state index contributed by atoms with van der Waals surface area (Å²) >= 11 is 6.23. The van der Waals surface area contributed by atoms with Gasteiger partial charge < -0.3 is 9.42 Å². The summed E-state index contributed by atoms with van der Waals surface area (Å²) in [6.07, 6.45) is 5.04. The van der Waals surface area contributed by atoms with Crippen LogP contribution in [0.4, 0.5) is 13.2 Å². The Morgan fingerprint density at radius 3 is 2.63 bits per heavy atom. The van der Waals surface area contributed by atoms with Gasteiger partial charge in [-0.15, -0.1) is 0 Å². The molecule has 30 heavy (non-hydrogen) atoms. The predicted octanol–water partition coefficient (Wildman–Crippen LogP) is 6.43. The van der Waals surface area contributed by atoms with Gasteiger partial charge in [0.15, 0.2) is 0 Å². The van der Waals surface area contributed by atoms with Crippen LogP contribution in [0.5, 0.6) is 0 Å². The minimum absolute atomic E-state index is 0.0843. The van der Waals surface area contributed by atoms with Crippen molar-refractivity contribution in [3.8, 4) is 0 Å². The summed E-state index contributed by atoms with van der Waals surface area (Å²) in [5.74, 6) is 1.14. The van der Waals surface area contributed by atoms with Crippen molar-refractivity contribution >= 4 is 11.6 Å². The van der Waals surface area contributed by atoms with Crippen LogP contribution in [0, 0.1) is 0 Å². The van der Waals surface area contributed by atoms with E-state index in [0.717, 1.165) is 75.7 Å². The number of piperidine rings is 1. The largest absolute Gasteiger partial charge is 0.416 e. The van der Waals surface area contributed by atoms with E-state index in [4.69, 9.17) is 16.1 Å². The second kappa shape index (κ2) is 9.31. The molecule has 1 aromatic heterocycles. The number of fused-ring (bicyclic) bond motifs is 1. The Balaban J connectivity index is 1.28. The lowest BCUT2D eigenvalue weighted by atomic mass is 9.88. The van der Waals surface area contributed by atoms with Crippen molar-refractivity contribution in [2.24, 2.45) is 0 Å². The third-order valence-corrected chi connectivity index (χ3v) is 6.86. The van der Waals surface area contributed by atoms with E-state index in [0.29, 0.717) is 10.6 Å². The minimum atomic E-state index is -4.33. The molecule has 0 saturated carbocycles. The highest BCUT2D eigenvalue weighted by molar-refractivity contribution is 6.31. The number of aromatic nitrogens is 1. The topological polar surface area (TPSA) is 29.3 Å². The molecule has 0 unspecified atom stereocenters. The quantitative estimate of drug-likeness (QED) is 0.502. The second-order valence-corrected chi connectivity index (χ2v) is 8.95. The summed E-state index contributed by atoms with van der Waals surface area (Å²) in [7, 11) is 0. The van der Waals surface area contributed by atoms with Crippen LogP contribution < -0.4 is 0 Å². The third kappa shape index (κ3) is 5.02. The molecule has 7 heteroatoms. The zero-order valence-electron chi connectivity index (χ0n) is 17.1. The van der Waals surface area contributed by atoms with Crippen molar-refractivity contribution in [1.82, 2.24) is 10.1 Å². The maximum absolute atomic E-state index is 13.0. The molecule has 2 aromatic rings. The summed E-state index contributed by atoms with van der Waals surface area (Å²) in [6, 6.07) is 3.68. The molecule has 1 aliphatic carbocycles. The zero-order chi connectivity index (χ0) is 21.1. The molecule has 1 aliphatic heterocycles. The summed E-state index contributed by atoms with van der Waals surface area (Å²) in [4.78, 5) is 2.40. The second-order valence-electron chi connectivity index (χ2n) is 8.55.